The Labute approximate surface area is 108 Å². The molecule has 0 saturated carbocycles. The van der Waals surface area contributed by atoms with Gasteiger partial charge < -0.3 is 10.6 Å². The molecule has 5 nitrogen and oxygen atoms in total. The Morgan fingerprint density at radius 2 is 1.89 bits per heavy atom. The smallest absolute Gasteiger partial charge is 0.271 e. The van der Waals surface area contributed by atoms with Gasteiger partial charge in [0.15, 0.2) is 0 Å². The van der Waals surface area contributed by atoms with Gasteiger partial charge >= 0.3 is 0 Å². The molecule has 0 fully saturated rings. The van der Waals surface area contributed by atoms with Crippen molar-refractivity contribution in [1.82, 2.24) is 15.3 Å². The number of aromatic nitrogens is 2. The number of rotatable bonds is 6. The number of amides is 1. The molecule has 0 radical (unpaired) electrons. The summed E-state index contributed by atoms with van der Waals surface area (Å²) in [6, 6.07) is 0. The van der Waals surface area contributed by atoms with E-state index in [1.54, 1.807) is 6.20 Å². The molecular formula is C13H22N4O. The second-order valence-corrected chi connectivity index (χ2v) is 4.54. The first-order valence-corrected chi connectivity index (χ1v) is 6.43. The number of hydrogen-bond acceptors (Lipinski definition) is 4. The lowest BCUT2D eigenvalue weighted by molar-refractivity contribution is 0.0895. The summed E-state index contributed by atoms with van der Waals surface area (Å²) in [4.78, 5) is 20.3. The van der Waals surface area contributed by atoms with Crippen molar-refractivity contribution in [2.75, 3.05) is 11.9 Å². The maximum absolute atomic E-state index is 12.0. The lowest BCUT2D eigenvalue weighted by Crippen LogP contribution is -2.45. The van der Waals surface area contributed by atoms with Gasteiger partial charge in [-0.15, -0.1) is 0 Å². The average Bonchev–Trinajstić information content (AvgIpc) is 2.39. The van der Waals surface area contributed by atoms with E-state index in [0.29, 0.717) is 11.5 Å². The molecule has 0 aliphatic carbocycles. The summed E-state index contributed by atoms with van der Waals surface area (Å²) >= 11 is 0. The van der Waals surface area contributed by atoms with Crippen molar-refractivity contribution in [2.24, 2.45) is 0 Å². The summed E-state index contributed by atoms with van der Waals surface area (Å²) in [6.07, 6.45) is 4.85. The highest BCUT2D eigenvalue weighted by Crippen LogP contribution is 2.14. The lowest BCUT2D eigenvalue weighted by atomic mass is 9.95. The van der Waals surface area contributed by atoms with Crippen molar-refractivity contribution in [3.05, 3.63) is 18.1 Å². The molecule has 0 aliphatic heterocycles. The number of nitrogens with zero attached hydrogens (tertiary/aromatic N) is 2. The highest BCUT2D eigenvalue weighted by Gasteiger charge is 2.23. The van der Waals surface area contributed by atoms with Crippen LogP contribution in [-0.4, -0.2) is 28.0 Å². The second-order valence-electron chi connectivity index (χ2n) is 4.54. The van der Waals surface area contributed by atoms with E-state index in [0.717, 1.165) is 19.4 Å². The third-order valence-corrected chi connectivity index (χ3v) is 3.22. The van der Waals surface area contributed by atoms with Gasteiger partial charge in [-0.1, -0.05) is 13.8 Å². The molecule has 1 rings (SSSR count). The SMILES string of the molecule is CCNc1cnc(C(=O)NC(C)(CC)CC)cn1. The van der Waals surface area contributed by atoms with Crippen LogP contribution in [0.25, 0.3) is 0 Å². The molecule has 0 aromatic carbocycles. The summed E-state index contributed by atoms with van der Waals surface area (Å²) < 4.78 is 0. The Bertz CT molecular complexity index is 384. The second kappa shape index (κ2) is 6.33. The molecule has 1 heterocycles. The van der Waals surface area contributed by atoms with Gasteiger partial charge in [-0.25, -0.2) is 9.97 Å². The van der Waals surface area contributed by atoms with Crippen LogP contribution in [0, 0.1) is 0 Å². The molecule has 18 heavy (non-hydrogen) atoms. The van der Waals surface area contributed by atoms with E-state index in [1.165, 1.54) is 6.20 Å². The van der Waals surface area contributed by atoms with Crippen molar-refractivity contribution < 1.29 is 4.79 Å². The van der Waals surface area contributed by atoms with E-state index in [9.17, 15) is 4.79 Å². The molecule has 0 aliphatic rings. The van der Waals surface area contributed by atoms with Gasteiger partial charge in [0.1, 0.15) is 11.5 Å². The van der Waals surface area contributed by atoms with Crippen LogP contribution in [0.4, 0.5) is 5.82 Å². The first kappa shape index (κ1) is 14.4. The minimum absolute atomic E-state index is 0.170. The first-order valence-electron chi connectivity index (χ1n) is 6.43. The van der Waals surface area contributed by atoms with Gasteiger partial charge in [0, 0.05) is 12.1 Å². The third kappa shape index (κ3) is 3.68. The Balaban J connectivity index is 2.72. The fourth-order valence-electron chi connectivity index (χ4n) is 1.48. The summed E-state index contributed by atoms with van der Waals surface area (Å²) in [7, 11) is 0. The van der Waals surface area contributed by atoms with E-state index in [4.69, 9.17) is 0 Å². The minimum atomic E-state index is -0.181. The highest BCUT2D eigenvalue weighted by atomic mass is 16.2. The van der Waals surface area contributed by atoms with Gasteiger partial charge in [-0.3, -0.25) is 4.79 Å². The molecule has 2 N–H and O–H groups in total. The molecule has 1 aromatic heterocycles. The zero-order chi connectivity index (χ0) is 13.6. The monoisotopic (exact) mass is 250 g/mol. The topological polar surface area (TPSA) is 66.9 Å². The molecule has 0 atom stereocenters. The van der Waals surface area contributed by atoms with Crippen LogP contribution in [0.2, 0.25) is 0 Å². The quantitative estimate of drug-likeness (QED) is 0.812. The van der Waals surface area contributed by atoms with Crippen molar-refractivity contribution >= 4 is 11.7 Å². The van der Waals surface area contributed by atoms with Crippen LogP contribution in [-0.2, 0) is 0 Å². The Morgan fingerprint density at radius 1 is 1.22 bits per heavy atom. The maximum Gasteiger partial charge on any atom is 0.271 e. The lowest BCUT2D eigenvalue weighted by Gasteiger charge is -2.27. The molecule has 5 heteroatoms. The van der Waals surface area contributed by atoms with Crippen LogP contribution in [0.1, 0.15) is 51.0 Å². The molecule has 0 bridgehead atoms. The summed E-state index contributed by atoms with van der Waals surface area (Å²) in [6.45, 7) is 8.92. The minimum Gasteiger partial charge on any atom is -0.369 e. The van der Waals surface area contributed by atoms with E-state index in [2.05, 4.69) is 34.4 Å². The standard InChI is InChI=1S/C13H22N4O/c1-5-13(4,6-2)17-12(18)10-8-16-11(9-15-10)14-7-3/h8-9H,5-7H2,1-4H3,(H,14,16)(H,17,18). The fraction of sp³-hybridized carbons (Fsp3) is 0.615. The molecule has 0 unspecified atom stereocenters. The van der Waals surface area contributed by atoms with E-state index < -0.39 is 0 Å². The Morgan fingerprint density at radius 3 is 2.33 bits per heavy atom. The van der Waals surface area contributed by atoms with E-state index in [1.807, 2.05) is 13.8 Å². The van der Waals surface area contributed by atoms with E-state index >= 15 is 0 Å². The van der Waals surface area contributed by atoms with Crippen LogP contribution in [0.5, 0.6) is 0 Å². The van der Waals surface area contributed by atoms with Crippen LogP contribution >= 0.6 is 0 Å². The predicted molar refractivity (Wildman–Crippen MR) is 72.6 cm³/mol. The third-order valence-electron chi connectivity index (χ3n) is 3.22. The number of carbonyl (C=O) groups is 1. The molecule has 1 amide bonds. The molecular weight excluding hydrogens is 228 g/mol. The summed E-state index contributed by atoms with van der Waals surface area (Å²) in [5, 5.41) is 6.04. The van der Waals surface area contributed by atoms with Crippen molar-refractivity contribution in [3.63, 3.8) is 0 Å². The molecule has 100 valence electrons. The highest BCUT2D eigenvalue weighted by molar-refractivity contribution is 5.92. The first-order chi connectivity index (χ1) is 8.54. The van der Waals surface area contributed by atoms with Gasteiger partial charge in [0.25, 0.3) is 5.91 Å². The van der Waals surface area contributed by atoms with Gasteiger partial charge in [-0.2, -0.15) is 0 Å². The van der Waals surface area contributed by atoms with Crippen LogP contribution < -0.4 is 10.6 Å². The van der Waals surface area contributed by atoms with Crippen molar-refractivity contribution in [1.29, 1.82) is 0 Å². The summed E-state index contributed by atoms with van der Waals surface area (Å²) in [5.74, 6) is 0.513. The molecule has 1 aromatic rings. The normalized spacial score (nSPS) is 11.1. The van der Waals surface area contributed by atoms with Crippen molar-refractivity contribution in [2.45, 2.75) is 46.1 Å². The predicted octanol–water partition coefficient (Wildman–Crippen LogP) is 2.22. The van der Waals surface area contributed by atoms with Crippen LogP contribution in [0.15, 0.2) is 12.4 Å². The van der Waals surface area contributed by atoms with Crippen molar-refractivity contribution in [3.8, 4) is 0 Å². The Kier molecular flexibility index (Phi) is 5.07. The van der Waals surface area contributed by atoms with E-state index in [-0.39, 0.29) is 11.4 Å². The molecule has 0 saturated heterocycles. The average molecular weight is 250 g/mol. The summed E-state index contributed by atoms with van der Waals surface area (Å²) in [5.41, 5.74) is 0.170. The number of carbonyl (C=O) groups excluding carboxylic acids is 1. The Hall–Kier alpha value is -1.65. The fourth-order valence-corrected chi connectivity index (χ4v) is 1.48. The molecule has 0 spiro atoms. The number of nitrogens with one attached hydrogen (secondary N) is 2. The zero-order valence-corrected chi connectivity index (χ0v) is 11.6. The number of anilines is 1. The van der Waals surface area contributed by atoms with Gasteiger partial charge in [-0.05, 0) is 26.7 Å². The largest absolute Gasteiger partial charge is 0.369 e. The number of hydrogen-bond donors (Lipinski definition) is 2. The zero-order valence-electron chi connectivity index (χ0n) is 11.6. The van der Waals surface area contributed by atoms with Crippen LogP contribution in [0.3, 0.4) is 0 Å². The van der Waals surface area contributed by atoms with Gasteiger partial charge in [0.05, 0.1) is 12.4 Å². The van der Waals surface area contributed by atoms with Gasteiger partial charge in [0.2, 0.25) is 0 Å². The maximum atomic E-state index is 12.0.